The van der Waals surface area contributed by atoms with Gasteiger partial charge in [-0.2, -0.15) is 0 Å². The number of amides is 1. The quantitative estimate of drug-likeness (QED) is 0.882. The van der Waals surface area contributed by atoms with Crippen molar-refractivity contribution < 1.29 is 4.79 Å². The zero-order chi connectivity index (χ0) is 13.0. The van der Waals surface area contributed by atoms with Crippen LogP contribution in [-0.2, 0) is 6.54 Å². The van der Waals surface area contributed by atoms with E-state index in [9.17, 15) is 4.79 Å². The SMILES string of the molecule is CNc1cccc(C(=O)NCc2csc(C)n2)n1. The van der Waals surface area contributed by atoms with Crippen LogP contribution in [0.4, 0.5) is 5.82 Å². The van der Waals surface area contributed by atoms with E-state index in [-0.39, 0.29) is 5.91 Å². The molecule has 18 heavy (non-hydrogen) atoms. The van der Waals surface area contributed by atoms with Gasteiger partial charge >= 0.3 is 0 Å². The molecule has 2 N–H and O–H groups in total. The van der Waals surface area contributed by atoms with E-state index in [4.69, 9.17) is 0 Å². The standard InChI is InChI=1S/C12H14N4OS/c1-8-15-9(7-18-8)6-14-12(17)10-4-3-5-11(13-2)16-10/h3-5,7H,6H2,1-2H3,(H,13,16)(H,14,17). The van der Waals surface area contributed by atoms with Crippen LogP contribution in [0.2, 0.25) is 0 Å². The first-order valence-electron chi connectivity index (χ1n) is 5.53. The molecule has 0 unspecified atom stereocenters. The summed E-state index contributed by atoms with van der Waals surface area (Å²) >= 11 is 1.57. The highest BCUT2D eigenvalue weighted by molar-refractivity contribution is 7.09. The predicted octanol–water partition coefficient (Wildman–Crippen LogP) is 1.82. The Morgan fingerprint density at radius 1 is 1.39 bits per heavy atom. The minimum absolute atomic E-state index is 0.197. The molecule has 0 bridgehead atoms. The number of pyridine rings is 1. The molecule has 6 heteroatoms. The van der Waals surface area contributed by atoms with Crippen LogP contribution in [0.25, 0.3) is 0 Å². The van der Waals surface area contributed by atoms with E-state index < -0.39 is 0 Å². The van der Waals surface area contributed by atoms with Crippen LogP contribution < -0.4 is 10.6 Å². The summed E-state index contributed by atoms with van der Waals surface area (Å²) in [7, 11) is 1.77. The molecule has 2 aromatic rings. The van der Waals surface area contributed by atoms with E-state index in [1.54, 1.807) is 36.6 Å². The molecule has 0 aliphatic rings. The highest BCUT2D eigenvalue weighted by Gasteiger charge is 2.08. The van der Waals surface area contributed by atoms with Crippen molar-refractivity contribution in [3.63, 3.8) is 0 Å². The number of carbonyl (C=O) groups excluding carboxylic acids is 1. The Morgan fingerprint density at radius 3 is 2.89 bits per heavy atom. The van der Waals surface area contributed by atoms with Crippen LogP contribution in [0.5, 0.6) is 0 Å². The largest absolute Gasteiger partial charge is 0.373 e. The van der Waals surface area contributed by atoms with Gasteiger partial charge in [0.1, 0.15) is 11.5 Å². The first kappa shape index (κ1) is 12.5. The lowest BCUT2D eigenvalue weighted by Crippen LogP contribution is -2.24. The lowest BCUT2D eigenvalue weighted by Gasteiger charge is -2.04. The van der Waals surface area contributed by atoms with Crippen molar-refractivity contribution >= 4 is 23.1 Å². The van der Waals surface area contributed by atoms with Gasteiger partial charge in [0, 0.05) is 12.4 Å². The number of nitrogens with one attached hydrogen (secondary N) is 2. The van der Waals surface area contributed by atoms with Gasteiger partial charge < -0.3 is 10.6 Å². The van der Waals surface area contributed by atoms with Crippen molar-refractivity contribution in [1.29, 1.82) is 0 Å². The van der Waals surface area contributed by atoms with Gasteiger partial charge in [0.15, 0.2) is 0 Å². The first-order chi connectivity index (χ1) is 8.69. The predicted molar refractivity (Wildman–Crippen MR) is 71.8 cm³/mol. The number of aryl methyl sites for hydroxylation is 1. The molecule has 0 radical (unpaired) electrons. The molecule has 2 aromatic heterocycles. The molecule has 2 rings (SSSR count). The molecular weight excluding hydrogens is 248 g/mol. The number of hydrogen-bond acceptors (Lipinski definition) is 5. The van der Waals surface area contributed by atoms with E-state index >= 15 is 0 Å². The van der Waals surface area contributed by atoms with Crippen molar-refractivity contribution in [3.05, 3.63) is 40.0 Å². The third-order valence-electron chi connectivity index (χ3n) is 2.33. The van der Waals surface area contributed by atoms with Crippen molar-refractivity contribution in [2.24, 2.45) is 0 Å². The highest BCUT2D eigenvalue weighted by Crippen LogP contribution is 2.08. The zero-order valence-electron chi connectivity index (χ0n) is 10.2. The van der Waals surface area contributed by atoms with Crippen molar-refractivity contribution in [2.45, 2.75) is 13.5 Å². The topological polar surface area (TPSA) is 66.9 Å². The maximum absolute atomic E-state index is 11.9. The Hall–Kier alpha value is -1.95. The van der Waals surface area contributed by atoms with E-state index in [0.29, 0.717) is 18.1 Å². The molecule has 0 atom stereocenters. The summed E-state index contributed by atoms with van der Waals surface area (Å²) in [5, 5.41) is 8.62. The summed E-state index contributed by atoms with van der Waals surface area (Å²) in [6.45, 7) is 2.36. The average molecular weight is 262 g/mol. The fourth-order valence-electron chi connectivity index (χ4n) is 1.45. The maximum Gasteiger partial charge on any atom is 0.270 e. The summed E-state index contributed by atoms with van der Waals surface area (Å²) in [5.74, 6) is 0.477. The summed E-state index contributed by atoms with van der Waals surface area (Å²) < 4.78 is 0. The number of aromatic nitrogens is 2. The molecule has 0 fully saturated rings. The Bertz CT molecular complexity index is 553. The molecule has 0 saturated carbocycles. The van der Waals surface area contributed by atoms with Crippen LogP contribution >= 0.6 is 11.3 Å². The molecule has 2 heterocycles. The number of carbonyl (C=O) groups is 1. The van der Waals surface area contributed by atoms with Gasteiger partial charge in [-0.3, -0.25) is 4.79 Å². The van der Waals surface area contributed by atoms with Crippen LogP contribution in [0.1, 0.15) is 21.2 Å². The van der Waals surface area contributed by atoms with Crippen LogP contribution in [0.3, 0.4) is 0 Å². The van der Waals surface area contributed by atoms with Gasteiger partial charge in [-0.1, -0.05) is 6.07 Å². The van der Waals surface area contributed by atoms with Crippen LogP contribution in [0.15, 0.2) is 23.6 Å². The molecule has 5 nitrogen and oxygen atoms in total. The lowest BCUT2D eigenvalue weighted by atomic mass is 10.3. The number of thiazole rings is 1. The summed E-state index contributed by atoms with van der Waals surface area (Å²) in [6.07, 6.45) is 0. The number of hydrogen-bond donors (Lipinski definition) is 2. The molecule has 0 aliphatic carbocycles. The second-order valence-electron chi connectivity index (χ2n) is 3.70. The van der Waals surface area contributed by atoms with Gasteiger partial charge in [0.2, 0.25) is 0 Å². The van der Waals surface area contributed by atoms with Crippen LogP contribution in [-0.4, -0.2) is 22.9 Å². The second-order valence-corrected chi connectivity index (χ2v) is 4.76. The first-order valence-corrected chi connectivity index (χ1v) is 6.41. The van der Waals surface area contributed by atoms with Gasteiger partial charge in [-0.25, -0.2) is 9.97 Å². The molecule has 0 spiro atoms. The molecule has 1 amide bonds. The van der Waals surface area contributed by atoms with Crippen molar-refractivity contribution in [1.82, 2.24) is 15.3 Å². The molecular formula is C12H14N4OS. The zero-order valence-corrected chi connectivity index (χ0v) is 11.0. The van der Waals surface area contributed by atoms with Gasteiger partial charge in [0.05, 0.1) is 17.2 Å². The third-order valence-corrected chi connectivity index (χ3v) is 3.16. The maximum atomic E-state index is 11.9. The Morgan fingerprint density at radius 2 is 2.22 bits per heavy atom. The molecule has 0 saturated heterocycles. The van der Waals surface area contributed by atoms with E-state index in [2.05, 4.69) is 20.6 Å². The van der Waals surface area contributed by atoms with E-state index in [1.165, 1.54) is 0 Å². The van der Waals surface area contributed by atoms with Gasteiger partial charge in [-0.05, 0) is 19.1 Å². The number of rotatable bonds is 4. The lowest BCUT2D eigenvalue weighted by molar-refractivity contribution is 0.0945. The average Bonchev–Trinajstić information content (AvgIpc) is 2.82. The van der Waals surface area contributed by atoms with Gasteiger partial charge in [-0.15, -0.1) is 11.3 Å². The summed E-state index contributed by atoms with van der Waals surface area (Å²) in [6, 6.07) is 5.28. The minimum Gasteiger partial charge on any atom is -0.373 e. The van der Waals surface area contributed by atoms with E-state index in [0.717, 1.165) is 10.7 Å². The molecule has 94 valence electrons. The smallest absolute Gasteiger partial charge is 0.270 e. The van der Waals surface area contributed by atoms with Crippen molar-refractivity contribution in [2.75, 3.05) is 12.4 Å². The number of anilines is 1. The summed E-state index contributed by atoms with van der Waals surface area (Å²) in [5.41, 5.74) is 1.27. The third kappa shape index (κ3) is 3.04. The minimum atomic E-state index is -0.197. The Kier molecular flexibility index (Phi) is 3.88. The monoisotopic (exact) mass is 262 g/mol. The van der Waals surface area contributed by atoms with E-state index in [1.807, 2.05) is 12.3 Å². The highest BCUT2D eigenvalue weighted by atomic mass is 32.1. The Balaban J connectivity index is 1.99. The van der Waals surface area contributed by atoms with Crippen molar-refractivity contribution in [3.8, 4) is 0 Å². The van der Waals surface area contributed by atoms with Crippen LogP contribution in [0, 0.1) is 6.92 Å². The number of nitrogens with zero attached hydrogens (tertiary/aromatic N) is 2. The molecule has 0 aromatic carbocycles. The molecule has 0 aliphatic heterocycles. The Labute approximate surface area is 109 Å². The normalized spacial score (nSPS) is 10.1. The summed E-state index contributed by atoms with van der Waals surface area (Å²) in [4.78, 5) is 20.3. The second kappa shape index (κ2) is 5.59. The fraction of sp³-hybridized carbons (Fsp3) is 0.250. The fourth-order valence-corrected chi connectivity index (χ4v) is 2.06. The van der Waals surface area contributed by atoms with Gasteiger partial charge in [0.25, 0.3) is 5.91 Å².